The number of ketones is 1. The van der Waals surface area contributed by atoms with Crippen LogP contribution in [-0.2, 0) is 14.9 Å². The van der Waals surface area contributed by atoms with Gasteiger partial charge in [0, 0.05) is 6.54 Å². The fraction of sp³-hybridized carbons (Fsp3) is 0.529. The minimum atomic E-state index is -0.509. The molecule has 1 aliphatic carbocycles. The van der Waals surface area contributed by atoms with E-state index in [9.17, 15) is 9.59 Å². The summed E-state index contributed by atoms with van der Waals surface area (Å²) in [6.07, 6.45) is 0.349. The van der Waals surface area contributed by atoms with E-state index in [2.05, 4.69) is 5.32 Å². The van der Waals surface area contributed by atoms with E-state index in [-0.39, 0.29) is 11.7 Å². The van der Waals surface area contributed by atoms with Gasteiger partial charge in [0.05, 0.1) is 5.41 Å². The van der Waals surface area contributed by atoms with E-state index in [0.29, 0.717) is 6.54 Å². The summed E-state index contributed by atoms with van der Waals surface area (Å²) in [5.41, 5.74) is 0.0922. The lowest BCUT2D eigenvalue weighted by molar-refractivity contribution is -0.119. The van der Waals surface area contributed by atoms with E-state index < -0.39 is 17.1 Å². The first-order valence-corrected chi connectivity index (χ1v) is 7.29. The predicted molar refractivity (Wildman–Crippen MR) is 81.1 cm³/mol. The highest BCUT2D eigenvalue weighted by Crippen LogP contribution is 2.54. The normalized spacial score (nSPS) is 24.3. The maximum Gasteiger partial charge on any atom is 0.407 e. The summed E-state index contributed by atoms with van der Waals surface area (Å²) in [5.74, 6) is 0.301. The van der Waals surface area contributed by atoms with Crippen molar-refractivity contribution in [1.82, 2.24) is 5.32 Å². The number of benzene rings is 1. The van der Waals surface area contributed by atoms with Crippen molar-refractivity contribution in [2.75, 3.05) is 6.54 Å². The molecule has 0 aliphatic heterocycles. The van der Waals surface area contributed by atoms with Crippen molar-refractivity contribution in [2.24, 2.45) is 5.92 Å². The van der Waals surface area contributed by atoms with Gasteiger partial charge in [-0.2, -0.15) is 0 Å². The summed E-state index contributed by atoms with van der Waals surface area (Å²) >= 11 is 0. The van der Waals surface area contributed by atoms with Gasteiger partial charge < -0.3 is 10.1 Å². The topological polar surface area (TPSA) is 55.4 Å². The molecule has 4 nitrogen and oxygen atoms in total. The molecule has 1 aromatic carbocycles. The summed E-state index contributed by atoms with van der Waals surface area (Å²) in [6.45, 7) is 7.57. The van der Waals surface area contributed by atoms with E-state index >= 15 is 0 Å². The number of nitrogens with one attached hydrogen (secondary N) is 1. The van der Waals surface area contributed by atoms with Gasteiger partial charge in [-0.25, -0.2) is 4.79 Å². The van der Waals surface area contributed by atoms with Crippen molar-refractivity contribution in [3.05, 3.63) is 35.9 Å². The van der Waals surface area contributed by atoms with Crippen LogP contribution >= 0.6 is 0 Å². The summed E-state index contributed by atoms with van der Waals surface area (Å²) in [5, 5.41) is 2.77. The Morgan fingerprint density at radius 3 is 2.43 bits per heavy atom. The standard InChI is InChI=1S/C17H23NO3/c1-12(19)17(13-8-6-5-7-9-13)10-14(17)11-18-15(20)21-16(2,3)4/h5-9,14H,10-11H2,1-4H3,(H,18,20). The molecule has 1 fully saturated rings. The summed E-state index contributed by atoms with van der Waals surface area (Å²) in [4.78, 5) is 23.8. The van der Waals surface area contributed by atoms with Gasteiger partial charge in [0.15, 0.2) is 0 Å². The molecular weight excluding hydrogens is 266 g/mol. The van der Waals surface area contributed by atoms with Crippen LogP contribution in [0.25, 0.3) is 0 Å². The zero-order chi connectivity index (χ0) is 15.7. The third-order valence-electron chi connectivity index (χ3n) is 3.91. The summed E-state index contributed by atoms with van der Waals surface area (Å²) in [6, 6.07) is 9.78. The Morgan fingerprint density at radius 1 is 1.29 bits per heavy atom. The molecule has 0 saturated heterocycles. The fourth-order valence-electron chi connectivity index (χ4n) is 2.82. The number of ether oxygens (including phenoxy) is 1. The van der Waals surface area contributed by atoms with Crippen LogP contribution in [0.2, 0.25) is 0 Å². The molecule has 0 spiro atoms. The summed E-state index contributed by atoms with van der Waals surface area (Å²) < 4.78 is 5.22. The Kier molecular flexibility index (Phi) is 4.08. The number of amides is 1. The molecule has 0 bridgehead atoms. The number of Topliss-reactive ketones (excluding diaryl/α,β-unsaturated/α-hetero) is 1. The number of hydrogen-bond acceptors (Lipinski definition) is 3. The third kappa shape index (κ3) is 3.43. The average Bonchev–Trinajstić information content (AvgIpc) is 3.11. The van der Waals surface area contributed by atoms with E-state index in [1.807, 2.05) is 51.1 Å². The lowest BCUT2D eigenvalue weighted by Gasteiger charge is -2.20. The molecule has 0 aromatic heterocycles. The highest BCUT2D eigenvalue weighted by molar-refractivity contribution is 5.92. The summed E-state index contributed by atoms with van der Waals surface area (Å²) in [7, 11) is 0. The number of rotatable bonds is 4. The van der Waals surface area contributed by atoms with Crippen LogP contribution in [0.15, 0.2) is 30.3 Å². The molecule has 0 radical (unpaired) electrons. The molecule has 1 aromatic rings. The minimum absolute atomic E-state index is 0.143. The molecule has 4 heteroatoms. The largest absolute Gasteiger partial charge is 0.444 e. The van der Waals surface area contributed by atoms with Crippen molar-refractivity contribution >= 4 is 11.9 Å². The van der Waals surface area contributed by atoms with Gasteiger partial charge in [-0.05, 0) is 45.6 Å². The fourth-order valence-corrected chi connectivity index (χ4v) is 2.82. The van der Waals surface area contributed by atoms with Gasteiger partial charge in [-0.1, -0.05) is 30.3 Å². The zero-order valence-electron chi connectivity index (χ0n) is 13.1. The van der Waals surface area contributed by atoms with E-state index in [4.69, 9.17) is 4.74 Å². The van der Waals surface area contributed by atoms with Crippen molar-refractivity contribution in [3.63, 3.8) is 0 Å². The van der Waals surface area contributed by atoms with Gasteiger partial charge in [0.1, 0.15) is 11.4 Å². The molecule has 1 saturated carbocycles. The van der Waals surface area contributed by atoms with Crippen LogP contribution in [0.5, 0.6) is 0 Å². The first-order valence-electron chi connectivity index (χ1n) is 7.29. The lowest BCUT2D eigenvalue weighted by atomic mass is 9.89. The molecule has 2 rings (SSSR count). The molecule has 114 valence electrons. The van der Waals surface area contributed by atoms with Gasteiger partial charge in [0.25, 0.3) is 0 Å². The van der Waals surface area contributed by atoms with Crippen LogP contribution in [-0.4, -0.2) is 24.0 Å². The second kappa shape index (κ2) is 5.51. The number of carbonyl (C=O) groups excluding carboxylic acids is 2. The van der Waals surface area contributed by atoms with Crippen molar-refractivity contribution in [3.8, 4) is 0 Å². The Hall–Kier alpha value is -1.84. The van der Waals surface area contributed by atoms with Gasteiger partial charge in [0.2, 0.25) is 0 Å². The van der Waals surface area contributed by atoms with Crippen molar-refractivity contribution in [2.45, 2.75) is 45.1 Å². The highest BCUT2D eigenvalue weighted by atomic mass is 16.6. The Morgan fingerprint density at radius 2 is 1.90 bits per heavy atom. The van der Waals surface area contributed by atoms with Gasteiger partial charge in [-0.15, -0.1) is 0 Å². The average molecular weight is 289 g/mol. The maximum atomic E-state index is 12.1. The lowest BCUT2D eigenvalue weighted by Crippen LogP contribution is -2.35. The first-order chi connectivity index (χ1) is 9.75. The molecule has 2 atom stereocenters. The van der Waals surface area contributed by atoms with Crippen LogP contribution in [0.3, 0.4) is 0 Å². The Bertz CT molecular complexity index is 533. The Balaban J connectivity index is 1.98. The van der Waals surface area contributed by atoms with Crippen LogP contribution in [0, 0.1) is 5.92 Å². The molecular formula is C17H23NO3. The molecule has 1 aliphatic rings. The molecule has 2 unspecified atom stereocenters. The molecule has 21 heavy (non-hydrogen) atoms. The second-order valence-corrected chi connectivity index (χ2v) is 6.68. The third-order valence-corrected chi connectivity index (χ3v) is 3.91. The smallest absolute Gasteiger partial charge is 0.407 e. The number of hydrogen-bond donors (Lipinski definition) is 1. The first kappa shape index (κ1) is 15.5. The minimum Gasteiger partial charge on any atom is -0.444 e. The molecule has 1 amide bonds. The van der Waals surface area contributed by atoms with E-state index in [1.54, 1.807) is 6.92 Å². The Labute approximate surface area is 125 Å². The highest BCUT2D eigenvalue weighted by Gasteiger charge is 2.58. The SMILES string of the molecule is CC(=O)C1(c2ccccc2)CC1CNC(=O)OC(C)(C)C. The molecule has 0 heterocycles. The second-order valence-electron chi connectivity index (χ2n) is 6.68. The van der Waals surface area contributed by atoms with E-state index in [1.165, 1.54) is 0 Å². The van der Waals surface area contributed by atoms with Gasteiger partial charge in [-0.3, -0.25) is 4.79 Å². The van der Waals surface area contributed by atoms with Gasteiger partial charge >= 0.3 is 6.09 Å². The van der Waals surface area contributed by atoms with Crippen LogP contribution in [0.1, 0.15) is 39.7 Å². The number of carbonyl (C=O) groups is 2. The van der Waals surface area contributed by atoms with Crippen LogP contribution in [0.4, 0.5) is 4.79 Å². The predicted octanol–water partition coefficient (Wildman–Crippen LogP) is 3.06. The van der Waals surface area contributed by atoms with Crippen molar-refractivity contribution < 1.29 is 14.3 Å². The monoisotopic (exact) mass is 289 g/mol. The zero-order valence-corrected chi connectivity index (χ0v) is 13.1. The van der Waals surface area contributed by atoms with E-state index in [0.717, 1.165) is 12.0 Å². The quantitative estimate of drug-likeness (QED) is 0.927. The van der Waals surface area contributed by atoms with Crippen LogP contribution < -0.4 is 5.32 Å². The van der Waals surface area contributed by atoms with Crippen molar-refractivity contribution in [1.29, 1.82) is 0 Å². The maximum absolute atomic E-state index is 12.1. The molecule has 1 N–H and O–H groups in total. The number of alkyl carbamates (subject to hydrolysis) is 1.